The molecule has 1 heterocycles. The van der Waals surface area contributed by atoms with Crippen LogP contribution in [0.2, 0.25) is 0 Å². The molecule has 6 heteroatoms. The third-order valence-corrected chi connectivity index (χ3v) is 4.63. The van der Waals surface area contributed by atoms with Crippen LogP contribution in [0, 0.1) is 5.92 Å². The Morgan fingerprint density at radius 2 is 2.00 bits per heavy atom. The molecule has 1 aromatic heterocycles. The van der Waals surface area contributed by atoms with Crippen molar-refractivity contribution >= 4 is 5.91 Å². The number of pyridine rings is 1. The standard InChI is InChI=1S/C19H22N2O4/c1-25-17-7-6-14(10-20-17)18(15-8-16(23)9-15)21-19(24)13-4-2-12(11-22)3-5-13/h2-7,10,15-16,18,22-23H,8-9,11H2,1H3,(H,21,24)/t15?,16?,18-/m0/s1. The molecule has 25 heavy (non-hydrogen) atoms. The lowest BCUT2D eigenvalue weighted by Crippen LogP contribution is -2.41. The number of carbonyl (C=O) groups excluding carboxylic acids is 1. The van der Waals surface area contributed by atoms with Gasteiger partial charge in [-0.3, -0.25) is 4.79 Å². The van der Waals surface area contributed by atoms with Crippen molar-refractivity contribution in [3.63, 3.8) is 0 Å². The van der Waals surface area contributed by atoms with E-state index in [9.17, 15) is 9.90 Å². The van der Waals surface area contributed by atoms with E-state index in [1.165, 1.54) is 0 Å². The Balaban J connectivity index is 1.77. The van der Waals surface area contributed by atoms with Crippen molar-refractivity contribution in [3.05, 3.63) is 59.3 Å². The lowest BCUT2D eigenvalue weighted by molar-refractivity contribution is 0.0234. The molecule has 3 rings (SSSR count). The van der Waals surface area contributed by atoms with Crippen LogP contribution >= 0.6 is 0 Å². The van der Waals surface area contributed by atoms with Crippen LogP contribution in [0.1, 0.15) is 40.4 Å². The van der Waals surface area contributed by atoms with Crippen LogP contribution in [0.15, 0.2) is 42.6 Å². The Morgan fingerprint density at radius 1 is 1.28 bits per heavy atom. The van der Waals surface area contributed by atoms with Gasteiger partial charge < -0.3 is 20.3 Å². The second kappa shape index (κ2) is 7.63. The maximum absolute atomic E-state index is 12.6. The number of nitrogens with one attached hydrogen (secondary N) is 1. The van der Waals surface area contributed by atoms with E-state index in [0.29, 0.717) is 24.3 Å². The van der Waals surface area contributed by atoms with Crippen molar-refractivity contribution in [1.82, 2.24) is 10.3 Å². The smallest absolute Gasteiger partial charge is 0.251 e. The number of nitrogens with zero attached hydrogens (tertiary/aromatic N) is 1. The molecular formula is C19H22N2O4. The second-order valence-corrected chi connectivity index (χ2v) is 6.33. The number of methoxy groups -OCH3 is 1. The first-order chi connectivity index (χ1) is 12.1. The quantitative estimate of drug-likeness (QED) is 0.745. The third kappa shape index (κ3) is 3.97. The number of amides is 1. The normalized spacial score (nSPS) is 20.4. The van der Waals surface area contributed by atoms with Crippen LogP contribution < -0.4 is 10.1 Å². The maximum Gasteiger partial charge on any atom is 0.251 e. The molecule has 6 nitrogen and oxygen atoms in total. The summed E-state index contributed by atoms with van der Waals surface area (Å²) in [6.45, 7) is -0.0536. The molecule has 0 spiro atoms. The van der Waals surface area contributed by atoms with E-state index in [0.717, 1.165) is 11.1 Å². The molecule has 1 aliphatic rings. The number of ether oxygens (including phenoxy) is 1. The molecule has 0 saturated heterocycles. The summed E-state index contributed by atoms with van der Waals surface area (Å²) in [6, 6.07) is 10.3. The first-order valence-corrected chi connectivity index (χ1v) is 8.29. The Kier molecular flexibility index (Phi) is 5.31. The maximum atomic E-state index is 12.6. The van der Waals surface area contributed by atoms with Gasteiger partial charge in [-0.1, -0.05) is 18.2 Å². The number of carbonyl (C=O) groups is 1. The van der Waals surface area contributed by atoms with Crippen LogP contribution in [0.25, 0.3) is 0 Å². The van der Waals surface area contributed by atoms with Crippen LogP contribution in [-0.4, -0.2) is 34.3 Å². The molecular weight excluding hydrogens is 320 g/mol. The van der Waals surface area contributed by atoms with E-state index in [1.807, 2.05) is 6.07 Å². The van der Waals surface area contributed by atoms with Crippen molar-refractivity contribution in [3.8, 4) is 5.88 Å². The minimum atomic E-state index is -0.306. The van der Waals surface area contributed by atoms with Crippen molar-refractivity contribution < 1.29 is 19.7 Å². The molecule has 3 N–H and O–H groups in total. The molecule has 132 valence electrons. The van der Waals surface area contributed by atoms with Gasteiger partial charge in [-0.15, -0.1) is 0 Å². The summed E-state index contributed by atoms with van der Waals surface area (Å²) < 4.78 is 5.08. The molecule has 1 fully saturated rings. The number of hydrogen-bond acceptors (Lipinski definition) is 5. The molecule has 1 aromatic carbocycles. The number of aliphatic hydroxyl groups is 2. The first kappa shape index (κ1) is 17.4. The summed E-state index contributed by atoms with van der Waals surface area (Å²) in [4.78, 5) is 16.8. The molecule has 0 aliphatic heterocycles. The highest BCUT2D eigenvalue weighted by atomic mass is 16.5. The Hall–Kier alpha value is -2.44. The minimum absolute atomic E-state index is 0.0536. The monoisotopic (exact) mass is 342 g/mol. The van der Waals surface area contributed by atoms with E-state index in [-0.39, 0.29) is 30.6 Å². The second-order valence-electron chi connectivity index (χ2n) is 6.33. The largest absolute Gasteiger partial charge is 0.481 e. The van der Waals surface area contributed by atoms with E-state index in [1.54, 1.807) is 43.6 Å². The summed E-state index contributed by atoms with van der Waals surface area (Å²) in [6.07, 6.45) is 2.70. The molecule has 0 bridgehead atoms. The van der Waals surface area contributed by atoms with Gasteiger partial charge in [-0.25, -0.2) is 4.98 Å². The van der Waals surface area contributed by atoms with Crippen molar-refractivity contribution in [1.29, 1.82) is 0 Å². The Morgan fingerprint density at radius 3 is 2.52 bits per heavy atom. The molecule has 1 amide bonds. The highest BCUT2D eigenvalue weighted by Gasteiger charge is 2.36. The van der Waals surface area contributed by atoms with Crippen molar-refractivity contribution in [2.24, 2.45) is 5.92 Å². The fourth-order valence-corrected chi connectivity index (χ4v) is 3.06. The average Bonchev–Trinajstić information content (AvgIpc) is 2.64. The summed E-state index contributed by atoms with van der Waals surface area (Å²) >= 11 is 0. The van der Waals surface area contributed by atoms with Gasteiger partial charge in [0.2, 0.25) is 5.88 Å². The predicted molar refractivity (Wildman–Crippen MR) is 92.1 cm³/mol. The molecule has 1 atom stereocenters. The number of rotatable bonds is 6. The highest BCUT2D eigenvalue weighted by molar-refractivity contribution is 5.94. The van der Waals surface area contributed by atoms with Crippen LogP contribution in [-0.2, 0) is 6.61 Å². The van der Waals surface area contributed by atoms with E-state index in [2.05, 4.69) is 10.3 Å². The molecule has 2 aromatic rings. The van der Waals surface area contributed by atoms with Crippen LogP contribution in [0.5, 0.6) is 5.88 Å². The fraction of sp³-hybridized carbons (Fsp3) is 0.368. The van der Waals surface area contributed by atoms with Gasteiger partial charge >= 0.3 is 0 Å². The fourth-order valence-electron chi connectivity index (χ4n) is 3.06. The highest BCUT2D eigenvalue weighted by Crippen LogP contribution is 2.38. The van der Waals surface area contributed by atoms with Crippen LogP contribution in [0.3, 0.4) is 0 Å². The topological polar surface area (TPSA) is 91.7 Å². The van der Waals surface area contributed by atoms with Gasteiger partial charge in [0.1, 0.15) is 0 Å². The van der Waals surface area contributed by atoms with Gasteiger partial charge in [0.15, 0.2) is 0 Å². The summed E-state index contributed by atoms with van der Waals surface area (Å²) in [7, 11) is 1.56. The number of benzene rings is 1. The Bertz CT molecular complexity index is 709. The lowest BCUT2D eigenvalue weighted by atomic mass is 9.75. The average molecular weight is 342 g/mol. The molecule has 0 radical (unpaired) electrons. The summed E-state index contributed by atoms with van der Waals surface area (Å²) in [5, 5.41) is 21.8. The van der Waals surface area contributed by atoms with Gasteiger partial charge in [0.25, 0.3) is 5.91 Å². The Labute approximate surface area is 146 Å². The van der Waals surface area contributed by atoms with E-state index in [4.69, 9.17) is 9.84 Å². The van der Waals surface area contributed by atoms with Gasteiger partial charge in [0.05, 0.1) is 25.9 Å². The van der Waals surface area contributed by atoms with Crippen LogP contribution in [0.4, 0.5) is 0 Å². The zero-order valence-electron chi connectivity index (χ0n) is 14.1. The van der Waals surface area contributed by atoms with Crippen molar-refractivity contribution in [2.75, 3.05) is 7.11 Å². The van der Waals surface area contributed by atoms with E-state index < -0.39 is 0 Å². The summed E-state index contributed by atoms with van der Waals surface area (Å²) in [5.41, 5.74) is 2.18. The first-order valence-electron chi connectivity index (χ1n) is 8.29. The van der Waals surface area contributed by atoms with Gasteiger partial charge in [0, 0.05) is 17.8 Å². The third-order valence-electron chi connectivity index (χ3n) is 4.63. The van der Waals surface area contributed by atoms with E-state index >= 15 is 0 Å². The predicted octanol–water partition coefficient (Wildman–Crippen LogP) is 1.82. The zero-order valence-corrected chi connectivity index (χ0v) is 14.1. The van der Waals surface area contributed by atoms with Gasteiger partial charge in [-0.2, -0.15) is 0 Å². The van der Waals surface area contributed by atoms with Gasteiger partial charge in [-0.05, 0) is 42.0 Å². The minimum Gasteiger partial charge on any atom is -0.481 e. The molecule has 1 aliphatic carbocycles. The summed E-state index contributed by atoms with van der Waals surface area (Å²) in [5.74, 6) is 0.500. The SMILES string of the molecule is COc1ccc([C@H](NC(=O)c2ccc(CO)cc2)C2CC(O)C2)cn1. The lowest BCUT2D eigenvalue weighted by Gasteiger charge is -2.38. The number of aliphatic hydroxyl groups excluding tert-OH is 2. The number of aromatic nitrogens is 1. The number of hydrogen-bond donors (Lipinski definition) is 3. The molecule has 1 saturated carbocycles. The van der Waals surface area contributed by atoms with Crippen molar-refractivity contribution in [2.45, 2.75) is 31.6 Å². The zero-order chi connectivity index (χ0) is 17.8. The molecule has 0 unspecified atom stereocenters.